The summed E-state index contributed by atoms with van der Waals surface area (Å²) in [5, 5.41) is 12.2. The summed E-state index contributed by atoms with van der Waals surface area (Å²) in [7, 11) is 0. The van der Waals surface area contributed by atoms with Crippen molar-refractivity contribution in [1.29, 1.82) is 0 Å². The van der Waals surface area contributed by atoms with Crippen LogP contribution in [0.4, 0.5) is 5.69 Å². The standard InChI is InChI=1S/C15H22N2O3/c1-4-8-17(9-5-2)15(20)14(19)16-12-7-6-11(3)10-13(12)18/h6-7,10,18H,4-5,8-9H2,1-3H3,(H,16,19). The number of phenols is 1. The third kappa shape index (κ3) is 4.26. The van der Waals surface area contributed by atoms with E-state index in [0.29, 0.717) is 13.1 Å². The van der Waals surface area contributed by atoms with E-state index in [-0.39, 0.29) is 11.4 Å². The number of phenolic OH excluding ortho intramolecular Hbond substituents is 1. The maximum absolute atomic E-state index is 12.0. The lowest BCUT2D eigenvalue weighted by Crippen LogP contribution is -2.40. The lowest BCUT2D eigenvalue weighted by molar-refractivity contribution is -0.143. The van der Waals surface area contributed by atoms with Gasteiger partial charge in [0.1, 0.15) is 5.75 Å². The molecule has 0 aliphatic carbocycles. The molecular weight excluding hydrogens is 256 g/mol. The summed E-state index contributed by atoms with van der Waals surface area (Å²) in [5.41, 5.74) is 1.13. The van der Waals surface area contributed by atoms with Crippen molar-refractivity contribution >= 4 is 17.5 Å². The van der Waals surface area contributed by atoms with Gasteiger partial charge in [-0.1, -0.05) is 19.9 Å². The van der Waals surface area contributed by atoms with Crippen LogP contribution in [0, 0.1) is 6.92 Å². The molecule has 5 heteroatoms. The average molecular weight is 278 g/mol. The molecule has 0 fully saturated rings. The van der Waals surface area contributed by atoms with Crippen LogP contribution in [0.3, 0.4) is 0 Å². The zero-order chi connectivity index (χ0) is 15.1. The first-order valence-corrected chi connectivity index (χ1v) is 6.89. The van der Waals surface area contributed by atoms with Crippen molar-refractivity contribution < 1.29 is 14.7 Å². The number of rotatable bonds is 5. The van der Waals surface area contributed by atoms with Crippen molar-refractivity contribution in [2.45, 2.75) is 33.6 Å². The molecule has 0 saturated carbocycles. The molecule has 0 heterocycles. The quantitative estimate of drug-likeness (QED) is 0.641. The second-order valence-electron chi connectivity index (χ2n) is 4.77. The number of anilines is 1. The molecule has 0 aliphatic heterocycles. The number of aromatic hydroxyl groups is 1. The predicted molar refractivity (Wildman–Crippen MR) is 78.6 cm³/mol. The molecule has 110 valence electrons. The maximum Gasteiger partial charge on any atom is 0.314 e. The first-order chi connectivity index (χ1) is 9.49. The highest BCUT2D eigenvalue weighted by molar-refractivity contribution is 6.39. The number of hydrogen-bond donors (Lipinski definition) is 2. The minimum absolute atomic E-state index is 0.0383. The Morgan fingerprint density at radius 2 is 1.80 bits per heavy atom. The van der Waals surface area contributed by atoms with Crippen LogP contribution in [0.25, 0.3) is 0 Å². The summed E-state index contributed by atoms with van der Waals surface area (Å²) in [5.74, 6) is -1.32. The number of hydrogen-bond acceptors (Lipinski definition) is 3. The first kappa shape index (κ1) is 16.0. The van der Waals surface area contributed by atoms with Gasteiger partial charge in [0.2, 0.25) is 0 Å². The predicted octanol–water partition coefficient (Wildman–Crippen LogP) is 2.29. The van der Waals surface area contributed by atoms with Crippen molar-refractivity contribution in [3.8, 4) is 5.75 Å². The van der Waals surface area contributed by atoms with Gasteiger partial charge in [-0.2, -0.15) is 0 Å². The van der Waals surface area contributed by atoms with E-state index in [0.717, 1.165) is 18.4 Å². The Labute approximate surface area is 119 Å². The van der Waals surface area contributed by atoms with Crippen LogP contribution in [-0.4, -0.2) is 34.9 Å². The molecule has 0 atom stereocenters. The largest absolute Gasteiger partial charge is 0.506 e. The molecule has 1 aromatic carbocycles. The van der Waals surface area contributed by atoms with Gasteiger partial charge in [-0.15, -0.1) is 0 Å². The van der Waals surface area contributed by atoms with Gasteiger partial charge in [-0.25, -0.2) is 0 Å². The zero-order valence-electron chi connectivity index (χ0n) is 12.3. The number of amides is 2. The van der Waals surface area contributed by atoms with Crippen LogP contribution in [0.5, 0.6) is 5.75 Å². The Morgan fingerprint density at radius 1 is 1.20 bits per heavy atom. The topological polar surface area (TPSA) is 69.6 Å². The van der Waals surface area contributed by atoms with E-state index >= 15 is 0 Å². The maximum atomic E-state index is 12.0. The molecule has 0 bridgehead atoms. The molecule has 1 aromatic rings. The van der Waals surface area contributed by atoms with Crippen LogP contribution >= 0.6 is 0 Å². The van der Waals surface area contributed by atoms with E-state index in [1.807, 2.05) is 20.8 Å². The number of aryl methyl sites for hydroxylation is 1. The van der Waals surface area contributed by atoms with Crippen LogP contribution < -0.4 is 5.32 Å². The Balaban J connectivity index is 2.76. The third-order valence-electron chi connectivity index (χ3n) is 2.87. The molecule has 2 N–H and O–H groups in total. The Kier molecular flexibility index (Phi) is 6.03. The van der Waals surface area contributed by atoms with Crippen LogP contribution in [-0.2, 0) is 9.59 Å². The molecule has 0 saturated heterocycles. The van der Waals surface area contributed by atoms with Crippen molar-refractivity contribution in [3.05, 3.63) is 23.8 Å². The molecule has 5 nitrogen and oxygen atoms in total. The Morgan fingerprint density at radius 3 is 2.30 bits per heavy atom. The first-order valence-electron chi connectivity index (χ1n) is 6.89. The summed E-state index contributed by atoms with van der Waals surface area (Å²) >= 11 is 0. The third-order valence-corrected chi connectivity index (χ3v) is 2.87. The van der Waals surface area contributed by atoms with Gasteiger partial charge in [-0.3, -0.25) is 9.59 Å². The van der Waals surface area contributed by atoms with Crippen molar-refractivity contribution in [1.82, 2.24) is 4.90 Å². The number of nitrogens with zero attached hydrogens (tertiary/aromatic N) is 1. The SMILES string of the molecule is CCCN(CCC)C(=O)C(=O)Nc1ccc(C)cc1O. The zero-order valence-corrected chi connectivity index (χ0v) is 12.3. The van der Waals surface area contributed by atoms with Crippen molar-refractivity contribution in [2.75, 3.05) is 18.4 Å². The van der Waals surface area contributed by atoms with E-state index in [9.17, 15) is 14.7 Å². The van der Waals surface area contributed by atoms with Gasteiger partial charge in [0, 0.05) is 13.1 Å². The van der Waals surface area contributed by atoms with Gasteiger partial charge in [0.25, 0.3) is 0 Å². The van der Waals surface area contributed by atoms with Gasteiger partial charge in [0.15, 0.2) is 0 Å². The van der Waals surface area contributed by atoms with E-state index in [1.165, 1.54) is 11.0 Å². The second kappa shape index (κ2) is 7.53. The fraction of sp³-hybridized carbons (Fsp3) is 0.467. The van der Waals surface area contributed by atoms with Gasteiger partial charge >= 0.3 is 11.8 Å². The molecule has 0 radical (unpaired) electrons. The van der Waals surface area contributed by atoms with Gasteiger partial charge < -0.3 is 15.3 Å². The molecular formula is C15H22N2O3. The highest BCUT2D eigenvalue weighted by atomic mass is 16.3. The normalized spacial score (nSPS) is 10.2. The van der Waals surface area contributed by atoms with Crippen LogP contribution in [0.1, 0.15) is 32.3 Å². The lowest BCUT2D eigenvalue weighted by atomic mass is 10.2. The van der Waals surface area contributed by atoms with E-state index in [4.69, 9.17) is 0 Å². The highest BCUT2D eigenvalue weighted by Gasteiger charge is 2.21. The number of carbonyl (C=O) groups is 2. The summed E-state index contributed by atoms with van der Waals surface area (Å²) in [6.07, 6.45) is 1.60. The van der Waals surface area contributed by atoms with E-state index in [2.05, 4.69) is 5.32 Å². The Bertz CT molecular complexity index is 480. The molecule has 0 aromatic heterocycles. The van der Waals surface area contributed by atoms with Crippen LogP contribution in [0.15, 0.2) is 18.2 Å². The van der Waals surface area contributed by atoms with Crippen molar-refractivity contribution in [3.63, 3.8) is 0 Å². The van der Waals surface area contributed by atoms with Crippen molar-refractivity contribution in [2.24, 2.45) is 0 Å². The number of nitrogens with one attached hydrogen (secondary N) is 1. The van der Waals surface area contributed by atoms with Crippen LogP contribution in [0.2, 0.25) is 0 Å². The number of carbonyl (C=O) groups excluding carboxylic acids is 2. The van der Waals surface area contributed by atoms with E-state index in [1.54, 1.807) is 12.1 Å². The highest BCUT2D eigenvalue weighted by Crippen LogP contribution is 2.23. The lowest BCUT2D eigenvalue weighted by Gasteiger charge is -2.20. The summed E-state index contributed by atoms with van der Waals surface area (Å²) < 4.78 is 0. The molecule has 2 amide bonds. The molecule has 0 aliphatic rings. The monoisotopic (exact) mass is 278 g/mol. The molecule has 0 unspecified atom stereocenters. The fourth-order valence-corrected chi connectivity index (χ4v) is 1.92. The number of benzene rings is 1. The molecule has 0 spiro atoms. The summed E-state index contributed by atoms with van der Waals surface area (Å²) in [6, 6.07) is 4.88. The van der Waals surface area contributed by atoms with Gasteiger partial charge in [0.05, 0.1) is 5.69 Å². The minimum Gasteiger partial charge on any atom is -0.506 e. The fourth-order valence-electron chi connectivity index (χ4n) is 1.92. The molecule has 1 rings (SSSR count). The minimum atomic E-state index is -0.717. The average Bonchev–Trinajstić information content (AvgIpc) is 2.40. The summed E-state index contributed by atoms with van der Waals surface area (Å²) in [4.78, 5) is 25.5. The Hall–Kier alpha value is -2.04. The smallest absolute Gasteiger partial charge is 0.314 e. The van der Waals surface area contributed by atoms with Gasteiger partial charge in [-0.05, 0) is 37.5 Å². The van der Waals surface area contributed by atoms with E-state index < -0.39 is 11.8 Å². The molecule has 20 heavy (non-hydrogen) atoms. The summed E-state index contributed by atoms with van der Waals surface area (Å²) in [6.45, 7) is 6.86. The second-order valence-corrected chi connectivity index (χ2v) is 4.77.